The first-order valence-electron chi connectivity index (χ1n) is 7.24. The zero-order chi connectivity index (χ0) is 16.8. The second-order valence-corrected chi connectivity index (χ2v) is 4.94. The van der Waals surface area contributed by atoms with E-state index in [2.05, 4.69) is 5.32 Å². The molecule has 0 fully saturated rings. The fourth-order valence-electron chi connectivity index (χ4n) is 2.21. The van der Waals surface area contributed by atoms with Gasteiger partial charge in [0, 0.05) is 0 Å². The van der Waals surface area contributed by atoms with Crippen molar-refractivity contribution in [3.05, 3.63) is 23.8 Å². The highest BCUT2D eigenvalue weighted by molar-refractivity contribution is 5.75. The lowest BCUT2D eigenvalue weighted by Gasteiger charge is -2.23. The lowest BCUT2D eigenvalue weighted by molar-refractivity contribution is -0.148. The standard InChI is InChI=1S/C15H19NO7/c1-2-21-15(20)16-10(13(17)14(18)19)7-9-3-4-11-12(8-9)23-6-5-22-11/h3-4,8,10,13,17H,2,5-7H2,1H3,(H,16,20)(H,18,19). The predicted octanol–water partition coefficient (Wildman–Crippen LogP) is 0.561. The molecule has 1 aliphatic heterocycles. The molecule has 8 heteroatoms. The number of alkyl carbamates (subject to hydrolysis) is 1. The molecule has 23 heavy (non-hydrogen) atoms. The van der Waals surface area contributed by atoms with Gasteiger partial charge in [0.25, 0.3) is 0 Å². The Hall–Kier alpha value is -2.48. The van der Waals surface area contributed by atoms with Gasteiger partial charge in [-0.3, -0.25) is 0 Å². The number of carboxylic acids is 1. The fourth-order valence-corrected chi connectivity index (χ4v) is 2.21. The van der Waals surface area contributed by atoms with Crippen molar-refractivity contribution in [3.8, 4) is 11.5 Å². The summed E-state index contributed by atoms with van der Waals surface area (Å²) in [5, 5.41) is 21.1. The van der Waals surface area contributed by atoms with Gasteiger partial charge in [-0.2, -0.15) is 0 Å². The molecule has 2 unspecified atom stereocenters. The zero-order valence-corrected chi connectivity index (χ0v) is 12.7. The lowest BCUT2D eigenvalue weighted by atomic mass is 10.0. The second kappa shape index (κ2) is 7.68. The first-order chi connectivity index (χ1) is 11.0. The molecule has 0 saturated carbocycles. The summed E-state index contributed by atoms with van der Waals surface area (Å²) in [5.74, 6) is -0.272. The molecule has 0 saturated heterocycles. The summed E-state index contributed by atoms with van der Waals surface area (Å²) in [6.45, 7) is 2.67. The van der Waals surface area contributed by atoms with Crippen LogP contribution in [-0.2, 0) is 16.0 Å². The van der Waals surface area contributed by atoms with Crippen LogP contribution in [0.5, 0.6) is 11.5 Å². The van der Waals surface area contributed by atoms with E-state index in [0.29, 0.717) is 30.3 Å². The lowest BCUT2D eigenvalue weighted by Crippen LogP contribution is -2.48. The summed E-state index contributed by atoms with van der Waals surface area (Å²) in [4.78, 5) is 22.5. The molecule has 8 nitrogen and oxygen atoms in total. The van der Waals surface area contributed by atoms with Gasteiger partial charge in [0.05, 0.1) is 12.6 Å². The maximum Gasteiger partial charge on any atom is 0.407 e. The number of fused-ring (bicyclic) bond motifs is 1. The number of benzene rings is 1. The number of carboxylic acid groups (broad SMARTS) is 1. The van der Waals surface area contributed by atoms with Gasteiger partial charge in [-0.15, -0.1) is 0 Å². The molecule has 3 N–H and O–H groups in total. The topological polar surface area (TPSA) is 114 Å². The van der Waals surface area contributed by atoms with E-state index >= 15 is 0 Å². The summed E-state index contributed by atoms with van der Waals surface area (Å²) >= 11 is 0. The third-order valence-electron chi connectivity index (χ3n) is 3.28. The normalized spacial score (nSPS) is 15.4. The van der Waals surface area contributed by atoms with Crippen LogP contribution in [0, 0.1) is 0 Å². The Labute approximate surface area is 133 Å². The zero-order valence-electron chi connectivity index (χ0n) is 12.7. The summed E-state index contributed by atoms with van der Waals surface area (Å²) < 4.78 is 15.6. The third-order valence-corrected chi connectivity index (χ3v) is 3.28. The number of amides is 1. The molecule has 1 aromatic rings. The van der Waals surface area contributed by atoms with Gasteiger partial charge in [0.15, 0.2) is 17.6 Å². The van der Waals surface area contributed by atoms with Crippen molar-refractivity contribution in [2.45, 2.75) is 25.5 Å². The molecule has 0 aliphatic carbocycles. The van der Waals surface area contributed by atoms with E-state index in [-0.39, 0.29) is 13.0 Å². The summed E-state index contributed by atoms with van der Waals surface area (Å²) in [5.41, 5.74) is 0.691. The van der Waals surface area contributed by atoms with Crippen molar-refractivity contribution >= 4 is 12.1 Å². The highest BCUT2D eigenvalue weighted by Crippen LogP contribution is 2.31. The van der Waals surface area contributed by atoms with Crippen molar-refractivity contribution in [2.24, 2.45) is 0 Å². The summed E-state index contributed by atoms with van der Waals surface area (Å²) in [6, 6.07) is 4.09. The average Bonchev–Trinajstić information content (AvgIpc) is 2.53. The van der Waals surface area contributed by atoms with Crippen LogP contribution >= 0.6 is 0 Å². The van der Waals surface area contributed by atoms with Crippen LogP contribution in [0.1, 0.15) is 12.5 Å². The van der Waals surface area contributed by atoms with Crippen molar-refractivity contribution in [1.82, 2.24) is 5.32 Å². The maximum atomic E-state index is 11.5. The van der Waals surface area contributed by atoms with E-state index in [9.17, 15) is 14.7 Å². The number of aliphatic hydroxyl groups is 1. The van der Waals surface area contributed by atoms with Gasteiger partial charge in [0.2, 0.25) is 0 Å². The highest BCUT2D eigenvalue weighted by atomic mass is 16.6. The Balaban J connectivity index is 2.12. The minimum Gasteiger partial charge on any atom is -0.486 e. The molecule has 0 aromatic heterocycles. The molecular weight excluding hydrogens is 306 g/mol. The number of nitrogens with one attached hydrogen (secondary N) is 1. The van der Waals surface area contributed by atoms with E-state index in [1.807, 2.05) is 0 Å². The van der Waals surface area contributed by atoms with Gasteiger partial charge >= 0.3 is 12.1 Å². The number of hydrogen-bond donors (Lipinski definition) is 3. The first kappa shape index (κ1) is 16.9. The average molecular weight is 325 g/mol. The molecule has 0 bridgehead atoms. The number of rotatable bonds is 6. The summed E-state index contributed by atoms with van der Waals surface area (Å²) in [6.07, 6.45) is -2.44. The van der Waals surface area contributed by atoms with E-state index in [1.165, 1.54) is 0 Å². The van der Waals surface area contributed by atoms with Crippen LogP contribution in [0.3, 0.4) is 0 Å². The third kappa shape index (κ3) is 4.49. The number of carbonyl (C=O) groups excluding carboxylic acids is 1. The molecule has 2 atom stereocenters. The van der Waals surface area contributed by atoms with Crippen LogP contribution in [0.4, 0.5) is 4.79 Å². The van der Waals surface area contributed by atoms with Crippen molar-refractivity contribution < 1.29 is 34.0 Å². The summed E-state index contributed by atoms with van der Waals surface area (Å²) in [7, 11) is 0. The molecule has 0 spiro atoms. The molecule has 1 aromatic carbocycles. The molecule has 1 amide bonds. The quantitative estimate of drug-likeness (QED) is 0.700. The van der Waals surface area contributed by atoms with Crippen LogP contribution in [0.25, 0.3) is 0 Å². The molecule has 1 aliphatic rings. The van der Waals surface area contributed by atoms with E-state index in [4.69, 9.17) is 19.3 Å². The van der Waals surface area contributed by atoms with Gasteiger partial charge in [-0.05, 0) is 31.0 Å². The van der Waals surface area contributed by atoms with Crippen LogP contribution in [0.15, 0.2) is 18.2 Å². The molecule has 126 valence electrons. The van der Waals surface area contributed by atoms with Crippen molar-refractivity contribution in [3.63, 3.8) is 0 Å². The van der Waals surface area contributed by atoms with Crippen molar-refractivity contribution in [2.75, 3.05) is 19.8 Å². The number of hydrogen-bond acceptors (Lipinski definition) is 6. The van der Waals surface area contributed by atoms with Gasteiger partial charge in [0.1, 0.15) is 13.2 Å². The SMILES string of the molecule is CCOC(=O)NC(Cc1ccc2c(c1)OCCO2)C(O)C(=O)O. The Morgan fingerprint density at radius 1 is 1.30 bits per heavy atom. The smallest absolute Gasteiger partial charge is 0.407 e. The van der Waals surface area contributed by atoms with Crippen LogP contribution in [-0.4, -0.2) is 54.2 Å². The number of aliphatic hydroxyl groups excluding tert-OH is 1. The van der Waals surface area contributed by atoms with E-state index in [1.54, 1.807) is 25.1 Å². The molecule has 2 rings (SSSR count). The van der Waals surface area contributed by atoms with Crippen LogP contribution < -0.4 is 14.8 Å². The highest BCUT2D eigenvalue weighted by Gasteiger charge is 2.28. The Morgan fingerprint density at radius 2 is 2.00 bits per heavy atom. The van der Waals surface area contributed by atoms with E-state index in [0.717, 1.165) is 0 Å². The van der Waals surface area contributed by atoms with Gasteiger partial charge in [-0.25, -0.2) is 9.59 Å². The minimum atomic E-state index is -1.76. The fraction of sp³-hybridized carbons (Fsp3) is 0.467. The maximum absolute atomic E-state index is 11.5. The molecule has 0 radical (unpaired) electrons. The minimum absolute atomic E-state index is 0.100. The number of aliphatic carboxylic acids is 1. The van der Waals surface area contributed by atoms with Gasteiger partial charge < -0.3 is 29.7 Å². The van der Waals surface area contributed by atoms with Gasteiger partial charge in [-0.1, -0.05) is 6.07 Å². The van der Waals surface area contributed by atoms with Crippen LogP contribution in [0.2, 0.25) is 0 Å². The second-order valence-electron chi connectivity index (χ2n) is 4.94. The first-order valence-corrected chi connectivity index (χ1v) is 7.24. The van der Waals surface area contributed by atoms with E-state index < -0.39 is 24.2 Å². The largest absolute Gasteiger partial charge is 0.486 e. The van der Waals surface area contributed by atoms with Crippen molar-refractivity contribution in [1.29, 1.82) is 0 Å². The molecule has 1 heterocycles. The number of ether oxygens (including phenoxy) is 3. The molecular formula is C15H19NO7. The monoisotopic (exact) mass is 325 g/mol. The number of carbonyl (C=O) groups is 2. The Bertz CT molecular complexity index is 575. The Morgan fingerprint density at radius 3 is 2.65 bits per heavy atom. The Kier molecular flexibility index (Phi) is 5.64. The predicted molar refractivity (Wildman–Crippen MR) is 78.7 cm³/mol.